The summed E-state index contributed by atoms with van der Waals surface area (Å²) in [5.41, 5.74) is -0.966. The van der Waals surface area contributed by atoms with Gasteiger partial charge < -0.3 is 14.9 Å². The lowest BCUT2D eigenvalue weighted by Crippen LogP contribution is -2.44. The Kier molecular flexibility index (Phi) is 2.08. The minimum atomic E-state index is -1.25. The highest BCUT2D eigenvalue weighted by molar-refractivity contribution is 5.69. The van der Waals surface area contributed by atoms with E-state index in [2.05, 4.69) is 10.3 Å². The van der Waals surface area contributed by atoms with Crippen LogP contribution in [-0.4, -0.2) is 52.7 Å². The maximum atomic E-state index is 12.3. The van der Waals surface area contributed by atoms with E-state index in [0.717, 1.165) is 9.13 Å². The van der Waals surface area contributed by atoms with E-state index in [1.54, 1.807) is 0 Å². The molecule has 2 N–H and O–H groups in total. The monoisotopic (exact) mass is 281 g/mol. The Morgan fingerprint density at radius 2 is 2.05 bits per heavy atom. The largest absolute Gasteiger partial charge is 0.387 e. The highest BCUT2D eigenvalue weighted by atomic mass is 16.6. The number of aromatic nitrogens is 5. The lowest BCUT2D eigenvalue weighted by Gasteiger charge is -2.19. The summed E-state index contributed by atoms with van der Waals surface area (Å²) < 4.78 is 8.86. The summed E-state index contributed by atoms with van der Waals surface area (Å²) in [7, 11) is 1.31. The standard InChI is InChI=1S/C10H11N5O5/c1-13-8(18)4-7-14(12-11-4)2-3-5(16)6(17)9(20-3)15(7)10(13)19/h3,5-6,9,16-17H,2H2,1H3/t3-,5-,6-,9-/m1/s1. The molecule has 20 heavy (non-hydrogen) atoms. The van der Waals surface area contributed by atoms with Crippen LogP contribution in [0.2, 0.25) is 0 Å². The molecule has 4 heterocycles. The summed E-state index contributed by atoms with van der Waals surface area (Å²) in [6.45, 7) is 0.109. The zero-order chi connectivity index (χ0) is 14.2. The Bertz CT molecular complexity index is 835. The molecule has 0 spiro atoms. The molecule has 0 saturated carbocycles. The van der Waals surface area contributed by atoms with E-state index < -0.39 is 35.8 Å². The van der Waals surface area contributed by atoms with Gasteiger partial charge in [-0.25, -0.2) is 14.0 Å². The quantitative estimate of drug-likeness (QED) is 0.524. The zero-order valence-electron chi connectivity index (χ0n) is 10.4. The van der Waals surface area contributed by atoms with Gasteiger partial charge in [-0.3, -0.25) is 9.36 Å². The minimum absolute atomic E-state index is 0.0324. The summed E-state index contributed by atoms with van der Waals surface area (Å²) in [6, 6.07) is 0. The lowest BCUT2D eigenvalue weighted by atomic mass is 10.1. The summed E-state index contributed by atoms with van der Waals surface area (Å²) in [5, 5.41) is 27.5. The van der Waals surface area contributed by atoms with Crippen LogP contribution in [-0.2, 0) is 18.3 Å². The zero-order valence-corrected chi connectivity index (χ0v) is 10.4. The van der Waals surface area contributed by atoms with Crippen molar-refractivity contribution in [2.75, 3.05) is 0 Å². The maximum Gasteiger partial charge on any atom is 0.334 e. The molecule has 2 aliphatic heterocycles. The van der Waals surface area contributed by atoms with E-state index in [9.17, 15) is 19.8 Å². The van der Waals surface area contributed by atoms with Gasteiger partial charge >= 0.3 is 5.69 Å². The van der Waals surface area contributed by atoms with Crippen LogP contribution < -0.4 is 11.2 Å². The van der Waals surface area contributed by atoms with Crippen LogP contribution in [0, 0.1) is 0 Å². The molecule has 10 nitrogen and oxygen atoms in total. The number of hydrogen-bond donors (Lipinski definition) is 2. The molecule has 2 aromatic heterocycles. The van der Waals surface area contributed by atoms with Crippen molar-refractivity contribution in [3.8, 4) is 0 Å². The Balaban J connectivity index is 2.17. The van der Waals surface area contributed by atoms with Crippen LogP contribution in [0.3, 0.4) is 0 Å². The van der Waals surface area contributed by atoms with Gasteiger partial charge in [-0.05, 0) is 0 Å². The third-order valence-corrected chi connectivity index (χ3v) is 3.88. The van der Waals surface area contributed by atoms with Gasteiger partial charge in [0.25, 0.3) is 5.56 Å². The second-order valence-corrected chi connectivity index (χ2v) is 5.01. The van der Waals surface area contributed by atoms with E-state index in [1.165, 1.54) is 11.7 Å². The van der Waals surface area contributed by atoms with E-state index in [-0.39, 0.29) is 17.7 Å². The third-order valence-electron chi connectivity index (χ3n) is 3.88. The van der Waals surface area contributed by atoms with Crippen molar-refractivity contribution in [1.29, 1.82) is 0 Å². The number of nitrogens with zero attached hydrogens (tertiary/aromatic N) is 5. The number of fused-ring (bicyclic) bond motifs is 3. The van der Waals surface area contributed by atoms with Crippen LogP contribution in [0.4, 0.5) is 0 Å². The average Bonchev–Trinajstić information content (AvgIpc) is 2.89. The molecule has 2 bridgehead atoms. The number of ether oxygens (including phenoxy) is 1. The summed E-state index contributed by atoms with van der Waals surface area (Å²) >= 11 is 0. The average molecular weight is 281 g/mol. The van der Waals surface area contributed by atoms with Gasteiger partial charge in [-0.2, -0.15) is 0 Å². The molecule has 0 aromatic carbocycles. The second-order valence-electron chi connectivity index (χ2n) is 5.01. The number of aliphatic hydroxyl groups excluding tert-OH is 2. The van der Waals surface area contributed by atoms with Crippen LogP contribution >= 0.6 is 0 Å². The molecule has 0 amide bonds. The summed E-state index contributed by atoms with van der Waals surface area (Å²) in [6.07, 6.45) is -4.14. The first-order chi connectivity index (χ1) is 9.50. The Morgan fingerprint density at radius 1 is 1.30 bits per heavy atom. The Hall–Kier alpha value is -2.04. The van der Waals surface area contributed by atoms with Gasteiger partial charge in [-0.15, -0.1) is 5.10 Å². The smallest absolute Gasteiger partial charge is 0.334 e. The Labute approximate surface area is 110 Å². The summed E-state index contributed by atoms with van der Waals surface area (Å²) in [4.78, 5) is 24.3. The first-order valence-electron chi connectivity index (χ1n) is 6.07. The molecule has 1 saturated heterocycles. The van der Waals surface area contributed by atoms with Crippen molar-refractivity contribution in [2.24, 2.45) is 7.05 Å². The number of aliphatic hydroxyl groups is 2. The molecule has 2 aliphatic rings. The predicted molar refractivity (Wildman–Crippen MR) is 63.0 cm³/mol. The fourth-order valence-electron chi connectivity index (χ4n) is 2.80. The van der Waals surface area contributed by atoms with Gasteiger partial charge in [0.2, 0.25) is 0 Å². The fraction of sp³-hybridized carbons (Fsp3) is 0.600. The van der Waals surface area contributed by atoms with Crippen molar-refractivity contribution in [3.05, 3.63) is 20.8 Å². The SMILES string of the molecule is Cn1c(=O)c2nnn3c2n(c1=O)[C@@H]1O[C@H](C3)[C@@H](O)[C@H]1O. The molecular formula is C10H11N5O5. The molecule has 0 radical (unpaired) electrons. The van der Waals surface area contributed by atoms with Crippen molar-refractivity contribution in [1.82, 2.24) is 24.1 Å². The van der Waals surface area contributed by atoms with Gasteiger partial charge in [0.05, 0.1) is 6.54 Å². The molecule has 106 valence electrons. The normalized spacial score (nSPS) is 31.8. The van der Waals surface area contributed by atoms with Gasteiger partial charge in [0.15, 0.2) is 17.4 Å². The number of rotatable bonds is 0. The third kappa shape index (κ3) is 1.18. The molecule has 4 atom stereocenters. The van der Waals surface area contributed by atoms with Crippen LogP contribution in [0.15, 0.2) is 9.59 Å². The minimum Gasteiger partial charge on any atom is -0.387 e. The summed E-state index contributed by atoms with van der Waals surface area (Å²) in [5.74, 6) is 0. The van der Waals surface area contributed by atoms with Gasteiger partial charge in [0.1, 0.15) is 18.3 Å². The van der Waals surface area contributed by atoms with Crippen LogP contribution in [0.25, 0.3) is 11.2 Å². The van der Waals surface area contributed by atoms with Crippen LogP contribution in [0.1, 0.15) is 6.23 Å². The molecule has 4 rings (SSSR count). The lowest BCUT2D eigenvalue weighted by molar-refractivity contribution is -0.0363. The van der Waals surface area contributed by atoms with Crippen molar-refractivity contribution in [2.45, 2.75) is 31.1 Å². The van der Waals surface area contributed by atoms with Gasteiger partial charge in [-0.1, -0.05) is 5.21 Å². The van der Waals surface area contributed by atoms with Crippen molar-refractivity contribution in [3.63, 3.8) is 0 Å². The second kappa shape index (κ2) is 3.53. The maximum absolute atomic E-state index is 12.3. The van der Waals surface area contributed by atoms with E-state index in [4.69, 9.17) is 4.74 Å². The van der Waals surface area contributed by atoms with Crippen LogP contribution in [0.5, 0.6) is 0 Å². The number of hydrogen-bond acceptors (Lipinski definition) is 7. The fourth-order valence-corrected chi connectivity index (χ4v) is 2.80. The van der Waals surface area contributed by atoms with E-state index in [1.807, 2.05) is 0 Å². The topological polar surface area (TPSA) is 124 Å². The molecule has 2 aromatic rings. The molecular weight excluding hydrogens is 270 g/mol. The highest BCUT2D eigenvalue weighted by Gasteiger charge is 2.47. The van der Waals surface area contributed by atoms with E-state index in [0.29, 0.717) is 0 Å². The molecule has 1 fully saturated rings. The predicted octanol–water partition coefficient (Wildman–Crippen LogP) is -3.08. The van der Waals surface area contributed by atoms with Crippen molar-refractivity contribution >= 4 is 11.2 Å². The highest BCUT2D eigenvalue weighted by Crippen LogP contribution is 2.33. The molecule has 0 unspecified atom stereocenters. The van der Waals surface area contributed by atoms with Crippen molar-refractivity contribution < 1.29 is 14.9 Å². The first-order valence-corrected chi connectivity index (χ1v) is 6.07. The van der Waals surface area contributed by atoms with Gasteiger partial charge in [0, 0.05) is 7.05 Å². The first kappa shape index (κ1) is 11.8. The Morgan fingerprint density at radius 3 is 2.80 bits per heavy atom. The molecule has 0 aliphatic carbocycles. The molecule has 10 heteroatoms. The van der Waals surface area contributed by atoms with E-state index >= 15 is 0 Å².